The number of aromatic nitrogens is 1. The summed E-state index contributed by atoms with van der Waals surface area (Å²) in [6.07, 6.45) is 0.571. The normalized spacial score (nSPS) is 16.7. The molecule has 1 aromatic carbocycles. The van der Waals surface area contributed by atoms with Crippen molar-refractivity contribution in [3.63, 3.8) is 0 Å². The molecule has 9 nitrogen and oxygen atoms in total. The van der Waals surface area contributed by atoms with Crippen LogP contribution in [-0.4, -0.2) is 39.6 Å². The Hall–Kier alpha value is -3.49. The van der Waals surface area contributed by atoms with E-state index in [0.29, 0.717) is 29.9 Å². The quantitative estimate of drug-likeness (QED) is 0.647. The molecular weight excluding hydrogens is 328 g/mol. The minimum Gasteiger partial charge on any atom is -0.465 e. The second kappa shape index (κ2) is 6.56. The van der Waals surface area contributed by atoms with Gasteiger partial charge in [0.1, 0.15) is 11.9 Å². The van der Waals surface area contributed by atoms with Gasteiger partial charge >= 0.3 is 6.09 Å². The Kier molecular flexibility index (Phi) is 4.29. The number of rotatable bonds is 4. The first kappa shape index (κ1) is 16.4. The lowest BCUT2D eigenvalue weighted by atomic mass is 10.1. The van der Waals surface area contributed by atoms with Gasteiger partial charge in [-0.25, -0.2) is 9.78 Å². The van der Waals surface area contributed by atoms with Crippen LogP contribution in [-0.2, 0) is 4.79 Å². The van der Waals surface area contributed by atoms with Crippen LogP contribution < -0.4 is 10.2 Å². The molecule has 2 heterocycles. The Morgan fingerprint density at radius 2 is 2.08 bits per heavy atom. The van der Waals surface area contributed by atoms with Crippen molar-refractivity contribution in [3.05, 3.63) is 52.7 Å². The van der Waals surface area contributed by atoms with Gasteiger partial charge in [0.25, 0.3) is 11.6 Å². The van der Waals surface area contributed by atoms with Crippen LogP contribution in [0.4, 0.5) is 16.3 Å². The number of pyridine rings is 1. The molecule has 1 saturated heterocycles. The highest BCUT2D eigenvalue weighted by Crippen LogP contribution is 2.30. The van der Waals surface area contributed by atoms with E-state index in [9.17, 15) is 19.7 Å². The summed E-state index contributed by atoms with van der Waals surface area (Å²) in [5.41, 5.74) is 0.965. The van der Waals surface area contributed by atoms with Gasteiger partial charge in [0.15, 0.2) is 0 Å². The summed E-state index contributed by atoms with van der Waals surface area (Å²) in [6.45, 7) is 0.349. The topological polar surface area (TPSA) is 126 Å². The Morgan fingerprint density at radius 1 is 1.32 bits per heavy atom. The number of nitro benzene ring substituents is 1. The summed E-state index contributed by atoms with van der Waals surface area (Å²) in [6, 6.07) is 8.78. The number of carbonyl (C=O) groups excluding carboxylic acids is 1. The number of amides is 2. The van der Waals surface area contributed by atoms with Crippen LogP contribution in [0.3, 0.4) is 0 Å². The molecule has 0 bridgehead atoms. The first-order valence-corrected chi connectivity index (χ1v) is 7.48. The maximum Gasteiger partial charge on any atom is 0.405 e. The van der Waals surface area contributed by atoms with Crippen molar-refractivity contribution in [2.75, 3.05) is 11.4 Å². The zero-order valence-corrected chi connectivity index (χ0v) is 13.0. The lowest BCUT2D eigenvalue weighted by Gasteiger charge is -2.16. The van der Waals surface area contributed by atoms with Crippen molar-refractivity contribution < 1.29 is 19.6 Å². The molecule has 1 aliphatic rings. The third-order valence-electron chi connectivity index (χ3n) is 3.94. The van der Waals surface area contributed by atoms with Gasteiger partial charge in [-0.2, -0.15) is 0 Å². The van der Waals surface area contributed by atoms with E-state index in [1.807, 2.05) is 0 Å². The van der Waals surface area contributed by atoms with Crippen molar-refractivity contribution in [1.82, 2.24) is 10.3 Å². The summed E-state index contributed by atoms with van der Waals surface area (Å²) >= 11 is 0. The Morgan fingerprint density at radius 3 is 2.72 bits per heavy atom. The van der Waals surface area contributed by atoms with Crippen molar-refractivity contribution >= 4 is 23.5 Å². The number of para-hydroxylation sites is 1. The SMILES string of the molecule is O=C(O)N[C@H]1CCN(c2ccc(-c3ccccc3[N+](=O)[O-])cn2)C1=O. The van der Waals surface area contributed by atoms with Gasteiger partial charge in [0.2, 0.25) is 0 Å². The van der Waals surface area contributed by atoms with Gasteiger partial charge < -0.3 is 10.4 Å². The smallest absolute Gasteiger partial charge is 0.405 e. The molecule has 1 aliphatic heterocycles. The second-order valence-corrected chi connectivity index (χ2v) is 5.46. The van der Waals surface area contributed by atoms with Crippen LogP contribution in [0.1, 0.15) is 6.42 Å². The minimum absolute atomic E-state index is 0.0278. The van der Waals surface area contributed by atoms with Gasteiger partial charge in [0.05, 0.1) is 10.5 Å². The highest BCUT2D eigenvalue weighted by Gasteiger charge is 2.34. The van der Waals surface area contributed by atoms with Crippen LogP contribution in [0.5, 0.6) is 0 Å². The van der Waals surface area contributed by atoms with E-state index in [-0.39, 0.29) is 11.6 Å². The molecule has 0 radical (unpaired) electrons. The minimum atomic E-state index is -1.25. The zero-order valence-electron chi connectivity index (χ0n) is 13.0. The number of nitrogens with zero attached hydrogens (tertiary/aromatic N) is 3. The fraction of sp³-hybridized carbons (Fsp3) is 0.188. The Bertz CT molecular complexity index is 837. The van der Waals surface area contributed by atoms with Crippen molar-refractivity contribution in [2.24, 2.45) is 0 Å². The Labute approximate surface area is 142 Å². The molecule has 9 heteroatoms. The van der Waals surface area contributed by atoms with E-state index in [0.717, 1.165) is 0 Å². The number of nitrogens with one attached hydrogen (secondary N) is 1. The van der Waals surface area contributed by atoms with Crippen LogP contribution in [0, 0.1) is 10.1 Å². The van der Waals surface area contributed by atoms with Crippen molar-refractivity contribution in [3.8, 4) is 11.1 Å². The van der Waals surface area contributed by atoms with E-state index in [4.69, 9.17) is 5.11 Å². The molecule has 1 fully saturated rings. The summed E-state index contributed by atoms with van der Waals surface area (Å²) in [5, 5.41) is 22.0. The molecule has 128 valence electrons. The summed E-state index contributed by atoms with van der Waals surface area (Å²) in [4.78, 5) is 39.1. The number of hydrogen-bond acceptors (Lipinski definition) is 5. The van der Waals surface area contributed by atoms with Crippen LogP contribution in [0.15, 0.2) is 42.6 Å². The number of carboxylic acid groups (broad SMARTS) is 1. The average Bonchev–Trinajstić information content (AvgIpc) is 2.95. The molecule has 2 aromatic rings. The molecule has 0 saturated carbocycles. The maximum atomic E-state index is 12.2. The van der Waals surface area contributed by atoms with Crippen LogP contribution in [0.25, 0.3) is 11.1 Å². The molecule has 2 amide bonds. The molecule has 1 aromatic heterocycles. The number of hydrogen-bond donors (Lipinski definition) is 2. The van der Waals surface area contributed by atoms with Crippen molar-refractivity contribution in [2.45, 2.75) is 12.5 Å². The van der Waals surface area contributed by atoms with Crippen LogP contribution >= 0.6 is 0 Å². The van der Waals surface area contributed by atoms with Gasteiger partial charge in [0, 0.05) is 24.4 Å². The average molecular weight is 342 g/mol. The van der Waals surface area contributed by atoms with E-state index in [1.54, 1.807) is 30.3 Å². The lowest BCUT2D eigenvalue weighted by Crippen LogP contribution is -2.41. The number of carbonyl (C=O) groups is 2. The predicted octanol–water partition coefficient (Wildman–Crippen LogP) is 2.03. The van der Waals surface area contributed by atoms with E-state index < -0.39 is 17.1 Å². The Balaban J connectivity index is 1.83. The van der Waals surface area contributed by atoms with Gasteiger partial charge in [-0.1, -0.05) is 12.1 Å². The lowest BCUT2D eigenvalue weighted by molar-refractivity contribution is -0.384. The molecule has 0 aliphatic carbocycles. The zero-order chi connectivity index (χ0) is 18.0. The molecule has 3 rings (SSSR count). The summed E-state index contributed by atoms with van der Waals surface area (Å²) in [7, 11) is 0. The monoisotopic (exact) mass is 342 g/mol. The number of benzene rings is 1. The maximum absolute atomic E-state index is 12.2. The summed E-state index contributed by atoms with van der Waals surface area (Å²) < 4.78 is 0. The fourth-order valence-electron chi connectivity index (χ4n) is 2.77. The highest BCUT2D eigenvalue weighted by molar-refractivity contribution is 6.00. The van der Waals surface area contributed by atoms with Gasteiger partial charge in [-0.15, -0.1) is 0 Å². The molecule has 0 unspecified atom stereocenters. The summed E-state index contributed by atoms with van der Waals surface area (Å²) in [5.74, 6) is 0.00960. The van der Waals surface area contributed by atoms with Gasteiger partial charge in [-0.3, -0.25) is 19.8 Å². The molecule has 0 spiro atoms. The van der Waals surface area contributed by atoms with E-state index in [2.05, 4.69) is 10.3 Å². The molecule has 2 N–H and O–H groups in total. The first-order valence-electron chi connectivity index (χ1n) is 7.48. The number of anilines is 1. The fourth-order valence-corrected chi connectivity index (χ4v) is 2.77. The van der Waals surface area contributed by atoms with Gasteiger partial charge in [-0.05, 0) is 24.6 Å². The largest absolute Gasteiger partial charge is 0.465 e. The van der Waals surface area contributed by atoms with Crippen LogP contribution in [0.2, 0.25) is 0 Å². The second-order valence-electron chi connectivity index (χ2n) is 5.46. The van der Waals surface area contributed by atoms with Crippen molar-refractivity contribution in [1.29, 1.82) is 0 Å². The third-order valence-corrected chi connectivity index (χ3v) is 3.94. The molecular formula is C16H14N4O5. The standard InChI is InChI=1S/C16H14N4O5/c21-15-12(18-16(22)23)7-8-19(15)14-6-5-10(9-17-14)11-3-1-2-4-13(11)20(24)25/h1-6,9,12,18H,7-8H2,(H,22,23)/t12-/m0/s1. The third kappa shape index (κ3) is 3.25. The van der Waals surface area contributed by atoms with E-state index in [1.165, 1.54) is 17.2 Å². The first-order chi connectivity index (χ1) is 12.0. The predicted molar refractivity (Wildman–Crippen MR) is 88.2 cm³/mol. The molecule has 1 atom stereocenters. The van der Waals surface area contributed by atoms with E-state index >= 15 is 0 Å². The highest BCUT2D eigenvalue weighted by atomic mass is 16.6. The molecule has 25 heavy (non-hydrogen) atoms. The number of nitro groups is 1.